The number of benzene rings is 6. The summed E-state index contributed by atoms with van der Waals surface area (Å²) in [5.41, 5.74) is 5.67. The first-order valence-corrected chi connectivity index (χ1v) is 14.8. The Morgan fingerprint density at radius 2 is 1.12 bits per heavy atom. The molecule has 43 heavy (non-hydrogen) atoms. The van der Waals surface area contributed by atoms with Gasteiger partial charge in [-0.05, 0) is 99.9 Å². The highest BCUT2D eigenvalue weighted by Crippen LogP contribution is 2.41. The van der Waals surface area contributed by atoms with Crippen LogP contribution >= 0.6 is 0 Å². The van der Waals surface area contributed by atoms with Crippen molar-refractivity contribution in [2.45, 2.75) is 38.9 Å². The van der Waals surface area contributed by atoms with Gasteiger partial charge < -0.3 is 9.31 Å². The molecule has 5 heteroatoms. The van der Waals surface area contributed by atoms with Gasteiger partial charge in [-0.25, -0.2) is 9.97 Å². The quantitative estimate of drug-likeness (QED) is 0.160. The largest absolute Gasteiger partial charge is 0.494 e. The molecular weight excluding hydrogens is 527 g/mol. The monoisotopic (exact) mass is 558 g/mol. The van der Waals surface area contributed by atoms with E-state index in [0.29, 0.717) is 5.82 Å². The molecule has 0 saturated carbocycles. The van der Waals surface area contributed by atoms with Gasteiger partial charge in [0.15, 0.2) is 5.82 Å². The van der Waals surface area contributed by atoms with Gasteiger partial charge >= 0.3 is 7.12 Å². The van der Waals surface area contributed by atoms with Crippen LogP contribution in [0.4, 0.5) is 0 Å². The van der Waals surface area contributed by atoms with E-state index in [9.17, 15) is 0 Å². The van der Waals surface area contributed by atoms with Gasteiger partial charge in [0.1, 0.15) is 0 Å². The minimum absolute atomic E-state index is 0.432. The summed E-state index contributed by atoms with van der Waals surface area (Å²) in [6, 6.07) is 37.0. The summed E-state index contributed by atoms with van der Waals surface area (Å²) in [7, 11) is -0.472. The lowest BCUT2D eigenvalue weighted by Gasteiger charge is -2.32. The van der Waals surface area contributed by atoms with Gasteiger partial charge in [-0.2, -0.15) is 0 Å². The highest BCUT2D eigenvalue weighted by Gasteiger charge is 2.51. The van der Waals surface area contributed by atoms with Crippen LogP contribution in [-0.2, 0) is 9.31 Å². The maximum absolute atomic E-state index is 6.55. The lowest BCUT2D eigenvalue weighted by Crippen LogP contribution is -2.41. The molecule has 8 rings (SSSR count). The predicted molar refractivity (Wildman–Crippen MR) is 178 cm³/mol. The summed E-state index contributed by atoms with van der Waals surface area (Å²) in [4.78, 5) is 8.84. The maximum Gasteiger partial charge on any atom is 0.494 e. The third-order valence-electron chi connectivity index (χ3n) is 9.36. The second-order valence-electron chi connectivity index (χ2n) is 12.6. The number of hydrogen-bond acceptors (Lipinski definition) is 4. The van der Waals surface area contributed by atoms with Crippen LogP contribution in [0.1, 0.15) is 27.7 Å². The SMILES string of the molecule is CC1(C)OB(c2cc(-c3ccc(-c4ncccn4)cc3)cc(-c3ccc4ccc5cccc6ccc3c4c56)c2)OC1(C)C. The van der Waals surface area contributed by atoms with Crippen LogP contribution in [0.15, 0.2) is 116 Å². The van der Waals surface area contributed by atoms with Crippen molar-refractivity contribution in [1.82, 2.24) is 9.97 Å². The Balaban J connectivity index is 1.32. The summed E-state index contributed by atoms with van der Waals surface area (Å²) in [5, 5.41) is 7.66. The van der Waals surface area contributed by atoms with Crippen molar-refractivity contribution in [2.75, 3.05) is 0 Å². The smallest absolute Gasteiger partial charge is 0.399 e. The normalized spacial score (nSPS) is 16.0. The van der Waals surface area contributed by atoms with Crippen molar-refractivity contribution >= 4 is 44.9 Å². The Kier molecular flexibility index (Phi) is 5.74. The average Bonchev–Trinajstić information content (AvgIpc) is 3.26. The third kappa shape index (κ3) is 4.23. The number of nitrogens with zero attached hydrogens (tertiary/aromatic N) is 2. The van der Waals surface area contributed by atoms with E-state index < -0.39 is 18.3 Å². The van der Waals surface area contributed by atoms with Crippen molar-refractivity contribution in [1.29, 1.82) is 0 Å². The molecule has 0 bridgehead atoms. The van der Waals surface area contributed by atoms with E-state index >= 15 is 0 Å². The molecule has 7 aromatic rings. The Hall–Kier alpha value is -4.58. The second kappa shape index (κ2) is 9.47. The molecular formula is C38H31BN2O2. The second-order valence-corrected chi connectivity index (χ2v) is 12.6. The standard InChI is InChI=1S/C38H31BN2O2/c1-37(2)38(3,4)43-39(42-37)31-22-29(24-9-13-28(14-10-24)36-40-19-6-20-41-36)21-30(23-31)32-17-15-27-12-11-25-7-5-8-26-16-18-33(32)35(27)34(25)26/h5-23H,1-4H3. The molecule has 1 aliphatic rings. The predicted octanol–water partition coefficient (Wildman–Crippen LogP) is 8.67. The fourth-order valence-electron chi connectivity index (χ4n) is 6.34. The Morgan fingerprint density at radius 1 is 0.535 bits per heavy atom. The number of aromatic nitrogens is 2. The summed E-state index contributed by atoms with van der Waals surface area (Å²) >= 11 is 0. The molecule has 1 aromatic heterocycles. The van der Waals surface area contributed by atoms with E-state index in [4.69, 9.17) is 9.31 Å². The zero-order valence-corrected chi connectivity index (χ0v) is 24.8. The highest BCUT2D eigenvalue weighted by molar-refractivity contribution is 6.62. The fraction of sp³-hybridized carbons (Fsp3) is 0.158. The van der Waals surface area contributed by atoms with Crippen molar-refractivity contribution in [3.63, 3.8) is 0 Å². The fourth-order valence-corrected chi connectivity index (χ4v) is 6.34. The van der Waals surface area contributed by atoms with Gasteiger partial charge in [0.2, 0.25) is 0 Å². The molecule has 0 atom stereocenters. The van der Waals surface area contributed by atoms with Crippen molar-refractivity contribution in [3.05, 3.63) is 116 Å². The molecule has 0 spiro atoms. The van der Waals surface area contributed by atoms with E-state index in [2.05, 4.69) is 135 Å². The number of hydrogen-bond donors (Lipinski definition) is 0. The van der Waals surface area contributed by atoms with Gasteiger partial charge in [-0.1, -0.05) is 91.0 Å². The third-order valence-corrected chi connectivity index (χ3v) is 9.36. The van der Waals surface area contributed by atoms with Gasteiger partial charge in [0.25, 0.3) is 0 Å². The van der Waals surface area contributed by atoms with Gasteiger partial charge in [0.05, 0.1) is 11.2 Å². The van der Waals surface area contributed by atoms with Crippen LogP contribution in [0.2, 0.25) is 0 Å². The molecule has 208 valence electrons. The first kappa shape index (κ1) is 26.1. The van der Waals surface area contributed by atoms with E-state index in [-0.39, 0.29) is 0 Å². The van der Waals surface area contributed by atoms with E-state index in [1.165, 1.54) is 37.9 Å². The molecule has 1 fully saturated rings. The van der Waals surface area contributed by atoms with Crippen LogP contribution in [0.25, 0.3) is 66.0 Å². The summed E-state index contributed by atoms with van der Waals surface area (Å²) in [5.74, 6) is 0.717. The van der Waals surface area contributed by atoms with Crippen LogP contribution in [0.5, 0.6) is 0 Å². The molecule has 0 radical (unpaired) electrons. The molecule has 0 aliphatic carbocycles. The lowest BCUT2D eigenvalue weighted by atomic mass is 9.76. The molecule has 0 unspecified atom stereocenters. The van der Waals surface area contributed by atoms with Crippen LogP contribution < -0.4 is 5.46 Å². The van der Waals surface area contributed by atoms with Crippen LogP contribution in [0, 0.1) is 0 Å². The van der Waals surface area contributed by atoms with Crippen molar-refractivity contribution in [3.8, 4) is 33.6 Å². The Morgan fingerprint density at radius 3 is 1.81 bits per heavy atom. The topological polar surface area (TPSA) is 44.2 Å². The molecule has 1 aliphatic heterocycles. The Labute approximate surface area is 251 Å². The summed E-state index contributed by atoms with van der Waals surface area (Å²) < 4.78 is 13.1. The van der Waals surface area contributed by atoms with Crippen LogP contribution in [-0.4, -0.2) is 28.3 Å². The zero-order chi connectivity index (χ0) is 29.3. The molecule has 6 aromatic carbocycles. The minimum Gasteiger partial charge on any atom is -0.399 e. The summed E-state index contributed by atoms with van der Waals surface area (Å²) in [6.45, 7) is 8.40. The maximum atomic E-state index is 6.55. The molecule has 0 N–H and O–H groups in total. The van der Waals surface area contributed by atoms with Gasteiger partial charge in [-0.15, -0.1) is 0 Å². The Bertz CT molecular complexity index is 2110. The number of rotatable bonds is 4. The lowest BCUT2D eigenvalue weighted by molar-refractivity contribution is 0.00578. The van der Waals surface area contributed by atoms with E-state index in [1.54, 1.807) is 12.4 Å². The van der Waals surface area contributed by atoms with Crippen LogP contribution in [0.3, 0.4) is 0 Å². The zero-order valence-electron chi connectivity index (χ0n) is 24.8. The highest BCUT2D eigenvalue weighted by atomic mass is 16.7. The molecule has 4 nitrogen and oxygen atoms in total. The molecule has 1 saturated heterocycles. The van der Waals surface area contributed by atoms with Crippen molar-refractivity contribution < 1.29 is 9.31 Å². The van der Waals surface area contributed by atoms with Gasteiger partial charge in [0, 0.05) is 18.0 Å². The summed E-state index contributed by atoms with van der Waals surface area (Å²) in [6.07, 6.45) is 3.54. The van der Waals surface area contributed by atoms with E-state index in [1.807, 2.05) is 6.07 Å². The first-order chi connectivity index (χ1) is 20.8. The molecule has 0 amide bonds. The minimum atomic E-state index is -0.472. The van der Waals surface area contributed by atoms with Crippen molar-refractivity contribution in [2.24, 2.45) is 0 Å². The molecule has 2 heterocycles. The van der Waals surface area contributed by atoms with E-state index in [0.717, 1.165) is 27.7 Å². The first-order valence-electron chi connectivity index (χ1n) is 14.8. The van der Waals surface area contributed by atoms with Gasteiger partial charge in [-0.3, -0.25) is 0 Å². The average molecular weight is 558 g/mol.